The number of aromatic nitrogens is 2. The van der Waals surface area contributed by atoms with Crippen LogP contribution in [0.25, 0.3) is 10.9 Å². The lowest BCUT2D eigenvalue weighted by Crippen LogP contribution is -1.99. The zero-order valence-electron chi connectivity index (χ0n) is 11.7. The van der Waals surface area contributed by atoms with Gasteiger partial charge in [0.05, 0.1) is 5.56 Å². The van der Waals surface area contributed by atoms with Crippen molar-refractivity contribution in [1.29, 1.82) is 0 Å². The molecule has 0 unspecified atom stereocenters. The molecular formula is C14H9ClN4O3S. The summed E-state index contributed by atoms with van der Waals surface area (Å²) in [6.07, 6.45) is 1.68. The van der Waals surface area contributed by atoms with E-state index in [2.05, 4.69) is 20.2 Å². The Kier molecular flexibility index (Phi) is 3.93. The number of nitrogens with zero attached hydrogens (tertiary/aromatic N) is 4. The van der Waals surface area contributed by atoms with E-state index in [1.807, 2.05) is 6.92 Å². The van der Waals surface area contributed by atoms with Crippen LogP contribution in [0.1, 0.15) is 15.2 Å². The molecule has 7 nitrogen and oxygen atoms in total. The third-order valence-corrected chi connectivity index (χ3v) is 4.06. The minimum absolute atomic E-state index is 0.115. The van der Waals surface area contributed by atoms with Crippen molar-refractivity contribution in [3.8, 4) is 5.75 Å². The molecule has 116 valence electrons. The summed E-state index contributed by atoms with van der Waals surface area (Å²) < 4.78 is 0. The molecule has 0 spiro atoms. The molecule has 0 atom stereocenters. The van der Waals surface area contributed by atoms with Crippen molar-refractivity contribution < 1.29 is 15.0 Å². The highest BCUT2D eigenvalue weighted by atomic mass is 35.5. The van der Waals surface area contributed by atoms with Gasteiger partial charge in [-0.05, 0) is 25.1 Å². The highest BCUT2D eigenvalue weighted by Gasteiger charge is 2.15. The predicted molar refractivity (Wildman–Crippen MR) is 86.4 cm³/mol. The molecule has 1 aromatic carbocycles. The van der Waals surface area contributed by atoms with E-state index in [0.29, 0.717) is 10.8 Å². The molecule has 0 fully saturated rings. The Morgan fingerprint density at radius 2 is 2.13 bits per heavy atom. The molecule has 0 saturated carbocycles. The SMILES string of the molecule is Cc1cnc(N=Nc2ccc(O)c3cc(C(=O)O)c(Cl)nc23)s1. The van der Waals surface area contributed by atoms with Crippen molar-refractivity contribution in [2.75, 3.05) is 0 Å². The topological polar surface area (TPSA) is 108 Å². The average molecular weight is 349 g/mol. The second-order valence-electron chi connectivity index (χ2n) is 4.59. The van der Waals surface area contributed by atoms with Gasteiger partial charge in [0.1, 0.15) is 22.1 Å². The summed E-state index contributed by atoms with van der Waals surface area (Å²) in [6, 6.07) is 4.17. The van der Waals surface area contributed by atoms with E-state index in [1.165, 1.54) is 29.5 Å². The van der Waals surface area contributed by atoms with Gasteiger partial charge in [0, 0.05) is 16.5 Å². The lowest BCUT2D eigenvalue weighted by molar-refractivity contribution is 0.0697. The lowest BCUT2D eigenvalue weighted by atomic mass is 10.1. The van der Waals surface area contributed by atoms with Crippen LogP contribution in [0.5, 0.6) is 5.75 Å². The highest BCUT2D eigenvalue weighted by Crippen LogP contribution is 2.35. The summed E-state index contributed by atoms with van der Waals surface area (Å²) in [5.41, 5.74) is 0.417. The maximum absolute atomic E-state index is 11.1. The number of phenols is 1. The van der Waals surface area contributed by atoms with Crippen LogP contribution >= 0.6 is 22.9 Å². The second kappa shape index (κ2) is 5.90. The third kappa shape index (κ3) is 2.99. The Hall–Kier alpha value is -2.58. The van der Waals surface area contributed by atoms with Gasteiger partial charge < -0.3 is 10.2 Å². The quantitative estimate of drug-likeness (QED) is 0.536. The fourth-order valence-electron chi connectivity index (χ4n) is 1.92. The molecule has 0 aliphatic heterocycles. The highest BCUT2D eigenvalue weighted by molar-refractivity contribution is 7.15. The van der Waals surface area contributed by atoms with Crippen molar-refractivity contribution in [3.63, 3.8) is 0 Å². The number of aromatic carboxylic acids is 1. The smallest absolute Gasteiger partial charge is 0.338 e. The lowest BCUT2D eigenvalue weighted by Gasteiger charge is -2.06. The number of aryl methyl sites for hydroxylation is 1. The summed E-state index contributed by atoms with van der Waals surface area (Å²) in [7, 11) is 0. The van der Waals surface area contributed by atoms with Gasteiger partial charge in [-0.25, -0.2) is 14.8 Å². The van der Waals surface area contributed by atoms with Crippen molar-refractivity contribution in [2.24, 2.45) is 10.2 Å². The average Bonchev–Trinajstić information content (AvgIpc) is 2.91. The molecule has 0 aliphatic rings. The van der Waals surface area contributed by atoms with Crippen LogP contribution in [0.3, 0.4) is 0 Å². The number of carboxylic acids is 1. The van der Waals surface area contributed by atoms with Crippen molar-refractivity contribution in [1.82, 2.24) is 9.97 Å². The summed E-state index contributed by atoms with van der Waals surface area (Å²) in [4.78, 5) is 20.2. The standard InChI is InChI=1S/C14H9ClN4O3S/c1-6-5-16-14(23-6)19-18-9-2-3-10(20)7-4-8(13(21)22)12(15)17-11(7)9/h2-5,20H,1H3,(H,21,22). The molecule has 23 heavy (non-hydrogen) atoms. The number of hydrogen-bond donors (Lipinski definition) is 2. The van der Waals surface area contributed by atoms with E-state index < -0.39 is 5.97 Å². The normalized spacial score (nSPS) is 11.4. The third-order valence-electron chi connectivity index (χ3n) is 2.98. The predicted octanol–water partition coefficient (Wildman–Crippen LogP) is 4.47. The van der Waals surface area contributed by atoms with E-state index in [9.17, 15) is 9.90 Å². The second-order valence-corrected chi connectivity index (χ2v) is 6.16. The van der Waals surface area contributed by atoms with Crippen molar-refractivity contribution >= 4 is 50.6 Å². The zero-order valence-corrected chi connectivity index (χ0v) is 13.3. The zero-order chi connectivity index (χ0) is 16.6. The number of benzene rings is 1. The summed E-state index contributed by atoms with van der Waals surface area (Å²) in [5, 5.41) is 27.6. The molecule has 3 rings (SSSR count). The number of rotatable bonds is 3. The molecule has 9 heteroatoms. The Bertz CT molecular complexity index is 955. The molecule has 0 radical (unpaired) electrons. The molecule has 2 aromatic heterocycles. The monoisotopic (exact) mass is 348 g/mol. The Labute approximate surface area is 138 Å². The van der Waals surface area contributed by atoms with Gasteiger partial charge in [0.2, 0.25) is 5.13 Å². The van der Waals surface area contributed by atoms with Crippen LogP contribution in [0, 0.1) is 6.92 Å². The first-order valence-corrected chi connectivity index (χ1v) is 7.55. The maximum atomic E-state index is 11.1. The Morgan fingerprint density at radius 1 is 1.35 bits per heavy atom. The number of carbonyl (C=O) groups is 1. The largest absolute Gasteiger partial charge is 0.507 e. The molecule has 3 aromatic rings. The maximum Gasteiger partial charge on any atom is 0.338 e. The van der Waals surface area contributed by atoms with Gasteiger partial charge in [0.15, 0.2) is 0 Å². The number of pyridine rings is 1. The Morgan fingerprint density at radius 3 is 2.78 bits per heavy atom. The number of thiazole rings is 1. The molecule has 2 heterocycles. The molecule has 0 amide bonds. The first-order chi connectivity index (χ1) is 11.0. The van der Waals surface area contributed by atoms with E-state index in [1.54, 1.807) is 6.20 Å². The number of phenolic OH excluding ortho intramolecular Hbond substituents is 1. The summed E-state index contributed by atoms with van der Waals surface area (Å²) in [6.45, 7) is 1.90. The van der Waals surface area contributed by atoms with E-state index in [4.69, 9.17) is 16.7 Å². The molecular weight excluding hydrogens is 340 g/mol. The number of fused-ring (bicyclic) bond motifs is 1. The molecule has 2 N–H and O–H groups in total. The summed E-state index contributed by atoms with van der Waals surface area (Å²) in [5.74, 6) is -1.34. The number of halogens is 1. The number of aromatic hydroxyl groups is 1. The fourth-order valence-corrected chi connectivity index (χ4v) is 2.72. The molecule has 0 saturated heterocycles. The van der Waals surface area contributed by atoms with Gasteiger partial charge in [-0.1, -0.05) is 22.9 Å². The van der Waals surface area contributed by atoms with E-state index in [0.717, 1.165) is 4.88 Å². The number of carboxylic acid groups (broad SMARTS) is 1. The number of azo groups is 1. The van der Waals surface area contributed by atoms with Gasteiger partial charge in [0.25, 0.3) is 0 Å². The number of hydrogen-bond acceptors (Lipinski definition) is 7. The van der Waals surface area contributed by atoms with Crippen LogP contribution in [0.4, 0.5) is 10.8 Å². The van der Waals surface area contributed by atoms with Gasteiger partial charge in [-0.15, -0.1) is 10.2 Å². The first-order valence-electron chi connectivity index (χ1n) is 6.35. The van der Waals surface area contributed by atoms with Crippen LogP contribution in [0.2, 0.25) is 5.15 Å². The molecule has 0 bridgehead atoms. The van der Waals surface area contributed by atoms with Crippen molar-refractivity contribution in [3.05, 3.63) is 40.0 Å². The minimum atomic E-state index is -1.23. The van der Waals surface area contributed by atoms with Gasteiger partial charge >= 0.3 is 5.97 Å². The van der Waals surface area contributed by atoms with Crippen molar-refractivity contribution in [2.45, 2.75) is 6.92 Å². The van der Waals surface area contributed by atoms with Crippen LogP contribution < -0.4 is 0 Å². The summed E-state index contributed by atoms with van der Waals surface area (Å²) >= 11 is 7.27. The molecule has 0 aliphatic carbocycles. The van der Waals surface area contributed by atoms with Gasteiger partial charge in [-0.2, -0.15) is 0 Å². The van der Waals surface area contributed by atoms with Crippen LogP contribution in [-0.2, 0) is 0 Å². The Balaban J connectivity index is 2.14. The van der Waals surface area contributed by atoms with Crippen LogP contribution in [0.15, 0.2) is 34.6 Å². The minimum Gasteiger partial charge on any atom is -0.507 e. The van der Waals surface area contributed by atoms with E-state index >= 15 is 0 Å². The first kappa shape index (κ1) is 15.3. The van der Waals surface area contributed by atoms with Gasteiger partial charge in [-0.3, -0.25) is 0 Å². The van der Waals surface area contributed by atoms with Crippen LogP contribution in [-0.4, -0.2) is 26.2 Å². The van der Waals surface area contributed by atoms with E-state index in [-0.39, 0.29) is 27.4 Å². The fraction of sp³-hybridized carbons (Fsp3) is 0.0714.